The lowest BCUT2D eigenvalue weighted by Gasteiger charge is -2.19. The maximum absolute atomic E-state index is 12.3. The van der Waals surface area contributed by atoms with Crippen molar-refractivity contribution in [1.82, 2.24) is 0 Å². The highest BCUT2D eigenvalue weighted by atomic mass is 32.2. The number of thioether (sulfide) groups is 1. The van der Waals surface area contributed by atoms with Gasteiger partial charge in [0.2, 0.25) is 5.91 Å². The minimum atomic E-state index is -0.136. The zero-order valence-electron chi connectivity index (χ0n) is 13.0. The van der Waals surface area contributed by atoms with Gasteiger partial charge in [0.15, 0.2) is 11.5 Å². The van der Waals surface area contributed by atoms with Gasteiger partial charge in [0.05, 0.1) is 5.25 Å². The van der Waals surface area contributed by atoms with Crippen LogP contribution in [0.3, 0.4) is 0 Å². The third-order valence-electron chi connectivity index (χ3n) is 3.52. The SMILES string of the molecule is C[C@H](SCc1ccccc1)C(=O)Nc1ccc2c(c1)OCCO2. The molecule has 1 heterocycles. The fourth-order valence-electron chi connectivity index (χ4n) is 2.24. The van der Waals surface area contributed by atoms with Gasteiger partial charge >= 0.3 is 0 Å². The van der Waals surface area contributed by atoms with E-state index >= 15 is 0 Å². The Bertz CT molecular complexity index is 675. The molecule has 0 radical (unpaired) electrons. The molecule has 1 N–H and O–H groups in total. The van der Waals surface area contributed by atoms with Gasteiger partial charge in [0.1, 0.15) is 13.2 Å². The molecule has 0 aromatic heterocycles. The van der Waals surface area contributed by atoms with Crippen molar-refractivity contribution in [3.8, 4) is 11.5 Å². The molecule has 4 nitrogen and oxygen atoms in total. The number of amides is 1. The van der Waals surface area contributed by atoms with Gasteiger partial charge in [-0.2, -0.15) is 0 Å². The van der Waals surface area contributed by atoms with E-state index in [1.807, 2.05) is 37.3 Å². The third kappa shape index (κ3) is 4.20. The maximum atomic E-state index is 12.3. The minimum absolute atomic E-state index is 0.0115. The number of carbonyl (C=O) groups is 1. The number of fused-ring (bicyclic) bond motifs is 1. The van der Waals surface area contributed by atoms with Crippen LogP contribution < -0.4 is 14.8 Å². The van der Waals surface area contributed by atoms with E-state index in [2.05, 4.69) is 17.4 Å². The van der Waals surface area contributed by atoms with Gasteiger partial charge in [-0.05, 0) is 24.6 Å². The molecule has 120 valence electrons. The smallest absolute Gasteiger partial charge is 0.237 e. The molecule has 23 heavy (non-hydrogen) atoms. The molecule has 0 spiro atoms. The van der Waals surface area contributed by atoms with Gasteiger partial charge in [0.25, 0.3) is 0 Å². The first-order chi connectivity index (χ1) is 11.2. The Labute approximate surface area is 140 Å². The summed E-state index contributed by atoms with van der Waals surface area (Å²) in [5.74, 6) is 2.21. The van der Waals surface area contributed by atoms with Crippen LogP contribution in [0.15, 0.2) is 48.5 Å². The summed E-state index contributed by atoms with van der Waals surface area (Å²) in [7, 11) is 0. The summed E-state index contributed by atoms with van der Waals surface area (Å²) in [5, 5.41) is 2.80. The number of nitrogens with one attached hydrogen (secondary N) is 1. The fraction of sp³-hybridized carbons (Fsp3) is 0.278. The van der Waals surface area contributed by atoms with E-state index in [1.54, 1.807) is 17.8 Å². The highest BCUT2D eigenvalue weighted by Crippen LogP contribution is 2.32. The molecule has 0 saturated heterocycles. The highest BCUT2D eigenvalue weighted by molar-refractivity contribution is 7.99. The first kappa shape index (κ1) is 15.7. The van der Waals surface area contributed by atoms with Crippen molar-refractivity contribution in [2.75, 3.05) is 18.5 Å². The van der Waals surface area contributed by atoms with Gasteiger partial charge < -0.3 is 14.8 Å². The van der Waals surface area contributed by atoms with Gasteiger partial charge in [-0.3, -0.25) is 4.79 Å². The van der Waals surface area contributed by atoms with Crippen LogP contribution in [-0.2, 0) is 10.5 Å². The van der Waals surface area contributed by atoms with Crippen molar-refractivity contribution in [2.45, 2.75) is 17.9 Å². The number of hydrogen-bond donors (Lipinski definition) is 1. The first-order valence-electron chi connectivity index (χ1n) is 7.58. The predicted molar refractivity (Wildman–Crippen MR) is 93.3 cm³/mol. The molecular formula is C18H19NO3S. The summed E-state index contributed by atoms with van der Waals surface area (Å²) in [6.45, 7) is 3.01. The number of hydrogen-bond acceptors (Lipinski definition) is 4. The van der Waals surface area contributed by atoms with Crippen LogP contribution >= 0.6 is 11.8 Å². The summed E-state index contributed by atoms with van der Waals surface area (Å²) >= 11 is 1.62. The molecule has 3 rings (SSSR count). The molecule has 0 saturated carbocycles. The normalized spacial score (nSPS) is 14.1. The number of ether oxygens (including phenoxy) is 2. The number of carbonyl (C=O) groups excluding carboxylic acids is 1. The molecule has 1 aliphatic rings. The average Bonchev–Trinajstić information content (AvgIpc) is 2.60. The average molecular weight is 329 g/mol. The van der Waals surface area contributed by atoms with Crippen molar-refractivity contribution in [1.29, 1.82) is 0 Å². The van der Waals surface area contributed by atoms with E-state index in [0.29, 0.717) is 19.0 Å². The number of benzene rings is 2. The standard InChI is InChI=1S/C18H19NO3S/c1-13(23-12-14-5-3-2-4-6-14)18(20)19-15-7-8-16-17(11-15)22-10-9-21-16/h2-8,11,13H,9-10,12H2,1H3,(H,19,20)/t13-/m0/s1. The Balaban J connectivity index is 1.56. The minimum Gasteiger partial charge on any atom is -0.486 e. The molecule has 1 atom stereocenters. The lowest BCUT2D eigenvalue weighted by Crippen LogP contribution is -2.23. The summed E-state index contributed by atoms with van der Waals surface area (Å²) in [4.78, 5) is 12.3. The zero-order chi connectivity index (χ0) is 16.1. The molecule has 2 aromatic carbocycles. The second-order valence-electron chi connectivity index (χ2n) is 5.29. The topological polar surface area (TPSA) is 47.6 Å². The van der Waals surface area contributed by atoms with E-state index in [-0.39, 0.29) is 11.2 Å². The Morgan fingerprint density at radius 1 is 1.13 bits per heavy atom. The van der Waals surface area contributed by atoms with E-state index in [9.17, 15) is 4.79 Å². The maximum Gasteiger partial charge on any atom is 0.237 e. The van der Waals surface area contributed by atoms with Crippen molar-refractivity contribution in [3.05, 3.63) is 54.1 Å². The molecular weight excluding hydrogens is 310 g/mol. The van der Waals surface area contributed by atoms with E-state index in [1.165, 1.54) is 5.56 Å². The van der Waals surface area contributed by atoms with Crippen molar-refractivity contribution < 1.29 is 14.3 Å². The summed E-state index contributed by atoms with van der Waals surface area (Å²) < 4.78 is 11.0. The van der Waals surface area contributed by atoms with Crippen LogP contribution in [0.2, 0.25) is 0 Å². The van der Waals surface area contributed by atoms with Crippen molar-refractivity contribution in [3.63, 3.8) is 0 Å². The molecule has 1 aliphatic heterocycles. The number of anilines is 1. The van der Waals surface area contributed by atoms with Crippen molar-refractivity contribution in [2.24, 2.45) is 0 Å². The second kappa shape index (κ2) is 7.42. The Hall–Kier alpha value is -2.14. The molecule has 0 bridgehead atoms. The van der Waals surface area contributed by atoms with E-state index in [4.69, 9.17) is 9.47 Å². The Kier molecular flexibility index (Phi) is 5.08. The molecule has 1 amide bonds. The Morgan fingerprint density at radius 3 is 2.65 bits per heavy atom. The molecule has 0 fully saturated rings. The van der Waals surface area contributed by atoms with E-state index in [0.717, 1.165) is 17.2 Å². The molecule has 0 aliphatic carbocycles. The summed E-state index contributed by atoms with van der Waals surface area (Å²) in [6, 6.07) is 15.6. The van der Waals surface area contributed by atoms with Gasteiger partial charge in [-0.25, -0.2) is 0 Å². The fourth-order valence-corrected chi connectivity index (χ4v) is 3.08. The van der Waals surface area contributed by atoms with Crippen LogP contribution in [0.1, 0.15) is 12.5 Å². The molecule has 5 heteroatoms. The predicted octanol–water partition coefficient (Wildman–Crippen LogP) is 3.72. The molecule has 2 aromatic rings. The van der Waals surface area contributed by atoms with Crippen LogP contribution in [0, 0.1) is 0 Å². The quantitative estimate of drug-likeness (QED) is 0.908. The highest BCUT2D eigenvalue weighted by Gasteiger charge is 2.16. The zero-order valence-corrected chi connectivity index (χ0v) is 13.8. The summed E-state index contributed by atoms with van der Waals surface area (Å²) in [6.07, 6.45) is 0. The third-order valence-corrected chi connectivity index (χ3v) is 4.74. The van der Waals surface area contributed by atoms with Gasteiger partial charge in [0, 0.05) is 17.5 Å². The van der Waals surface area contributed by atoms with Crippen LogP contribution in [0.5, 0.6) is 11.5 Å². The van der Waals surface area contributed by atoms with Gasteiger partial charge in [-0.15, -0.1) is 11.8 Å². The lowest BCUT2D eigenvalue weighted by atomic mass is 10.2. The van der Waals surface area contributed by atoms with Crippen LogP contribution in [0.25, 0.3) is 0 Å². The van der Waals surface area contributed by atoms with Crippen molar-refractivity contribution >= 4 is 23.4 Å². The monoisotopic (exact) mass is 329 g/mol. The number of rotatable bonds is 5. The Morgan fingerprint density at radius 2 is 1.87 bits per heavy atom. The largest absolute Gasteiger partial charge is 0.486 e. The van der Waals surface area contributed by atoms with Gasteiger partial charge in [-0.1, -0.05) is 30.3 Å². The molecule has 0 unspecified atom stereocenters. The van der Waals surface area contributed by atoms with E-state index < -0.39 is 0 Å². The second-order valence-corrected chi connectivity index (χ2v) is 6.62. The first-order valence-corrected chi connectivity index (χ1v) is 8.63. The summed E-state index contributed by atoms with van der Waals surface area (Å²) in [5.41, 5.74) is 1.95. The lowest BCUT2D eigenvalue weighted by molar-refractivity contribution is -0.115. The van der Waals surface area contributed by atoms with Crippen LogP contribution in [-0.4, -0.2) is 24.4 Å². The van der Waals surface area contributed by atoms with Crippen LogP contribution in [0.4, 0.5) is 5.69 Å².